The molecule has 460 valence electrons. The first-order valence-corrected chi connectivity index (χ1v) is 38.6. The van der Waals surface area contributed by atoms with Gasteiger partial charge in [-0.05, 0) is 163 Å². The summed E-state index contributed by atoms with van der Waals surface area (Å²) in [5.74, 6) is 17.0. The average Bonchev–Trinajstić information content (AvgIpc) is 3.52. The third kappa shape index (κ3) is 51.6. The molecule has 0 aliphatic rings. The van der Waals surface area contributed by atoms with Gasteiger partial charge in [-0.3, -0.25) is 0 Å². The van der Waals surface area contributed by atoms with Crippen LogP contribution in [0.5, 0.6) is 0 Å². The van der Waals surface area contributed by atoms with Crippen molar-refractivity contribution in [2.75, 3.05) is 37.0 Å². The number of hydrogen-bond donors (Lipinski definition) is 0. The molecule has 0 saturated heterocycles. The zero-order valence-corrected chi connectivity index (χ0v) is 58.7. The molecule has 4 rings (SSSR count). The van der Waals surface area contributed by atoms with Crippen LogP contribution in [0.1, 0.15) is 306 Å². The van der Waals surface area contributed by atoms with Gasteiger partial charge >= 0.3 is 0 Å². The fourth-order valence-electron chi connectivity index (χ4n) is 10.3. The molecule has 3 heteroatoms. The normalized spacial score (nSPS) is 10.3. The molecule has 0 spiro atoms. The van der Waals surface area contributed by atoms with Crippen LogP contribution < -0.4 is 0 Å². The molecule has 0 aromatic heterocycles. The summed E-state index contributed by atoms with van der Waals surface area (Å²) in [5.41, 5.74) is 5.44. The van der Waals surface area contributed by atoms with Gasteiger partial charge in [-0.15, -0.1) is 0 Å². The molecule has 4 aromatic carbocycles. The van der Waals surface area contributed by atoms with Crippen LogP contribution in [0.3, 0.4) is 0 Å². The van der Waals surface area contributed by atoms with E-state index >= 15 is 0 Å². The minimum absolute atomic E-state index is 0. The molecule has 0 N–H and O–H groups in total. The standard InChI is InChI=1S/2C24H51P.2C16H9.Pt/c2*1-4-7-10-13-16-19-22-25(23-20-17-14-11-8-5-2)24-21-18-15-12-9-6-3;2*1-2-14-8-10-16(11-9-14)13-12-15-6-4-3-5-7-15;/h2*4-24H2,1-3H3;2*3-11H;/p+2. The van der Waals surface area contributed by atoms with Crippen LogP contribution in [0, 0.1) is 48.4 Å². The molecule has 0 unspecified atom stereocenters. The van der Waals surface area contributed by atoms with Gasteiger partial charge in [0.2, 0.25) is 0 Å². The Hall–Kier alpha value is -3.33. The predicted molar refractivity (Wildman–Crippen MR) is 376 cm³/mol. The fraction of sp³-hybridized carbons (Fsp3) is 0.600. The molecular weight excluding hydrogens is 1220 g/mol. The number of unbranched alkanes of at least 4 members (excludes halogenated alkanes) is 30. The molecule has 0 nitrogen and oxygen atoms in total. The predicted octanol–water partition coefficient (Wildman–Crippen LogP) is 24.6. The molecular formula is C80H122P2Pt+2. The molecule has 0 atom stereocenters. The van der Waals surface area contributed by atoms with Crippen molar-refractivity contribution < 1.29 is 21.1 Å². The largest absolute Gasteiger partial charge is 0.0654 e. The summed E-state index contributed by atoms with van der Waals surface area (Å²) in [5, 5.41) is 0. The SMILES string of the molecule is CCCCCCCC[PH+](CCCCCCCC)CCCCCCCC.CCCCCCCC[PH+](CCCCCCCC)CCCCCCCC.[C]#Cc1ccc(C#Cc2ccccc2)cc1.[C]#Cc1ccc(C#Cc2ccccc2)cc1.[Pt]. The van der Waals surface area contributed by atoms with Crippen LogP contribution >= 0.6 is 15.8 Å². The van der Waals surface area contributed by atoms with E-state index in [1.807, 2.05) is 109 Å². The Bertz CT molecular complexity index is 1940. The van der Waals surface area contributed by atoms with Gasteiger partial charge in [0.1, 0.15) is 0 Å². The maximum Gasteiger partial charge on any atom is 0.0571 e. The fourth-order valence-corrected chi connectivity index (χ4v) is 16.3. The van der Waals surface area contributed by atoms with Gasteiger partial charge in [-0.25, -0.2) is 0 Å². The monoisotopic (exact) mass is 1340 g/mol. The van der Waals surface area contributed by atoms with E-state index in [-0.39, 0.29) is 36.9 Å². The van der Waals surface area contributed by atoms with E-state index in [1.165, 1.54) is 193 Å². The van der Waals surface area contributed by atoms with Crippen molar-refractivity contribution in [2.24, 2.45) is 0 Å². The van der Waals surface area contributed by atoms with Crippen molar-refractivity contribution in [3.8, 4) is 35.5 Å². The van der Waals surface area contributed by atoms with Gasteiger partial charge in [0.05, 0.1) is 37.0 Å². The summed E-state index contributed by atoms with van der Waals surface area (Å²) in [6.45, 7) is 13.9. The van der Waals surface area contributed by atoms with E-state index in [4.69, 9.17) is 12.8 Å². The first kappa shape index (κ1) is 79.7. The molecule has 2 radical (unpaired) electrons. The Morgan fingerprint density at radius 3 is 0.590 bits per heavy atom. The summed E-state index contributed by atoms with van der Waals surface area (Å²) in [6, 6.07) is 34.7. The zero-order valence-electron chi connectivity index (χ0n) is 54.4. The van der Waals surface area contributed by atoms with Crippen molar-refractivity contribution in [2.45, 2.75) is 273 Å². The molecule has 0 bridgehead atoms. The van der Waals surface area contributed by atoms with Crippen LogP contribution in [0.25, 0.3) is 0 Å². The van der Waals surface area contributed by atoms with Gasteiger partial charge in [0, 0.05) is 70.3 Å². The Balaban J connectivity index is 0.00000109. The van der Waals surface area contributed by atoms with Crippen molar-refractivity contribution in [3.63, 3.8) is 0 Å². The summed E-state index contributed by atoms with van der Waals surface area (Å²) < 4.78 is 0. The van der Waals surface area contributed by atoms with Crippen LogP contribution in [-0.4, -0.2) is 37.0 Å². The second kappa shape index (κ2) is 63.2. The Kier molecular flexibility index (Phi) is 60.6. The molecule has 0 amide bonds. The number of benzene rings is 4. The Labute approximate surface area is 533 Å². The molecule has 0 fully saturated rings. The Morgan fingerprint density at radius 1 is 0.229 bits per heavy atom. The summed E-state index contributed by atoms with van der Waals surface area (Å²) >= 11 is 0. The van der Waals surface area contributed by atoms with Crippen LogP contribution in [-0.2, 0) is 21.1 Å². The maximum atomic E-state index is 6.96. The summed E-state index contributed by atoms with van der Waals surface area (Å²) in [4.78, 5) is 0. The molecule has 0 saturated carbocycles. The van der Waals surface area contributed by atoms with Crippen molar-refractivity contribution in [1.82, 2.24) is 0 Å². The van der Waals surface area contributed by atoms with Crippen LogP contribution in [0.4, 0.5) is 0 Å². The third-order valence-corrected chi connectivity index (χ3v) is 22.0. The Morgan fingerprint density at radius 2 is 0.398 bits per heavy atom. The minimum atomic E-state index is -0.0222. The number of hydrogen-bond acceptors (Lipinski definition) is 0. The third-order valence-electron chi connectivity index (χ3n) is 15.6. The van der Waals surface area contributed by atoms with E-state index in [0.29, 0.717) is 0 Å². The van der Waals surface area contributed by atoms with Gasteiger partial charge in [0.15, 0.2) is 0 Å². The van der Waals surface area contributed by atoms with Gasteiger partial charge in [0.25, 0.3) is 0 Å². The first-order chi connectivity index (χ1) is 40.5. The van der Waals surface area contributed by atoms with Crippen molar-refractivity contribution >= 4 is 15.8 Å². The van der Waals surface area contributed by atoms with E-state index in [9.17, 15) is 0 Å². The molecule has 0 aliphatic carbocycles. The van der Waals surface area contributed by atoms with Crippen LogP contribution in [0.15, 0.2) is 109 Å². The second-order valence-corrected chi connectivity index (χ2v) is 29.2. The first-order valence-electron chi connectivity index (χ1n) is 34.3. The van der Waals surface area contributed by atoms with E-state index in [0.717, 1.165) is 33.4 Å². The smallest absolute Gasteiger partial charge is 0.0571 e. The molecule has 83 heavy (non-hydrogen) atoms. The zero-order chi connectivity index (χ0) is 59.3. The van der Waals surface area contributed by atoms with E-state index in [1.54, 1.807) is 75.5 Å². The topological polar surface area (TPSA) is 0 Å². The van der Waals surface area contributed by atoms with E-state index in [2.05, 4.69) is 77.1 Å². The van der Waals surface area contributed by atoms with Crippen molar-refractivity contribution in [1.29, 1.82) is 0 Å². The second-order valence-electron chi connectivity index (χ2n) is 23.2. The quantitative estimate of drug-likeness (QED) is 0.0236. The molecule has 0 aliphatic heterocycles. The van der Waals surface area contributed by atoms with Crippen molar-refractivity contribution in [3.05, 3.63) is 155 Å². The summed E-state index contributed by atoms with van der Waals surface area (Å²) in [6.07, 6.45) is 76.9. The van der Waals surface area contributed by atoms with E-state index < -0.39 is 0 Å². The molecule has 0 heterocycles. The van der Waals surface area contributed by atoms with Gasteiger partial charge < -0.3 is 0 Å². The number of rotatable bonds is 42. The molecule has 4 aromatic rings. The van der Waals surface area contributed by atoms with Gasteiger partial charge in [-0.2, -0.15) is 0 Å². The average molecular weight is 1340 g/mol. The minimum Gasteiger partial charge on any atom is -0.0654 e. The van der Waals surface area contributed by atoms with Gasteiger partial charge in [-0.1, -0.05) is 268 Å². The maximum absolute atomic E-state index is 6.96. The van der Waals surface area contributed by atoms with Crippen LogP contribution in [0.2, 0.25) is 0 Å². The summed E-state index contributed by atoms with van der Waals surface area (Å²) in [7, 11) is -0.0444.